The first-order valence-corrected chi connectivity index (χ1v) is 6.52. The van der Waals surface area contributed by atoms with Crippen LogP contribution in [-0.2, 0) is 11.0 Å². The van der Waals surface area contributed by atoms with Crippen LogP contribution < -0.4 is 5.32 Å². The smallest absolute Gasteiger partial charge is 0.387 e. The molecule has 1 atom stereocenters. The van der Waals surface area contributed by atoms with E-state index in [0.717, 1.165) is 17.0 Å². The predicted octanol–water partition coefficient (Wildman–Crippen LogP) is 2.07. The van der Waals surface area contributed by atoms with Gasteiger partial charge in [-0.05, 0) is 25.5 Å². The van der Waals surface area contributed by atoms with Crippen LogP contribution >= 0.6 is 0 Å². The van der Waals surface area contributed by atoms with Gasteiger partial charge in [0.05, 0.1) is 18.2 Å². The third-order valence-electron chi connectivity index (χ3n) is 3.43. The molecule has 3 amide bonds. The lowest BCUT2D eigenvalue weighted by Gasteiger charge is -2.21. The number of amides is 3. The number of nitrogens with one attached hydrogen (secondary N) is 1. The van der Waals surface area contributed by atoms with Crippen LogP contribution in [0.2, 0.25) is 0 Å². The molecule has 0 unspecified atom stereocenters. The molecule has 0 saturated carbocycles. The number of urea groups is 1. The minimum atomic E-state index is -4.63. The molecule has 1 saturated heterocycles. The summed E-state index contributed by atoms with van der Waals surface area (Å²) in [7, 11) is 0. The first-order valence-electron chi connectivity index (χ1n) is 6.52. The van der Waals surface area contributed by atoms with E-state index in [0.29, 0.717) is 0 Å². The number of aliphatic hydroxyl groups is 1. The summed E-state index contributed by atoms with van der Waals surface area (Å²) in [6.07, 6.45) is -6.25. The summed E-state index contributed by atoms with van der Waals surface area (Å²) in [6.45, 7) is 2.41. The van der Waals surface area contributed by atoms with E-state index in [9.17, 15) is 27.9 Å². The molecule has 0 aliphatic carbocycles. The second kappa shape index (κ2) is 5.28. The number of alkyl halides is 3. The Morgan fingerprint density at radius 2 is 1.86 bits per heavy atom. The van der Waals surface area contributed by atoms with Crippen LogP contribution in [-0.4, -0.2) is 34.0 Å². The van der Waals surface area contributed by atoms with Gasteiger partial charge in [0.15, 0.2) is 0 Å². The largest absolute Gasteiger partial charge is 0.416 e. The number of nitrogens with zero attached hydrogens (tertiary/aromatic N) is 1. The van der Waals surface area contributed by atoms with Crippen LogP contribution in [0.4, 0.5) is 18.0 Å². The quantitative estimate of drug-likeness (QED) is 0.839. The summed E-state index contributed by atoms with van der Waals surface area (Å²) in [4.78, 5) is 24.4. The lowest BCUT2D eigenvalue weighted by molar-refractivity contribution is -0.139. The maximum Gasteiger partial charge on any atom is 0.416 e. The number of carbonyl (C=O) groups is 2. The number of β-amino-alcohol motifs (C(OH)–C–C–N with tert-alkyl or cyclic N) is 1. The van der Waals surface area contributed by atoms with Crippen molar-refractivity contribution in [3.8, 4) is 0 Å². The topological polar surface area (TPSA) is 69.6 Å². The number of carbonyl (C=O) groups excluding carboxylic acids is 2. The molecule has 120 valence electrons. The van der Waals surface area contributed by atoms with E-state index in [-0.39, 0.29) is 5.56 Å². The number of aliphatic hydroxyl groups excluding tert-OH is 1. The molecular weight excluding hydrogens is 301 g/mol. The molecule has 0 bridgehead atoms. The second-order valence-electron chi connectivity index (χ2n) is 5.57. The van der Waals surface area contributed by atoms with E-state index in [1.165, 1.54) is 26.0 Å². The van der Waals surface area contributed by atoms with Crippen molar-refractivity contribution in [3.05, 3.63) is 35.4 Å². The molecule has 0 aromatic heterocycles. The van der Waals surface area contributed by atoms with Crippen molar-refractivity contribution in [1.29, 1.82) is 0 Å². The van der Waals surface area contributed by atoms with Gasteiger partial charge >= 0.3 is 12.2 Å². The maximum atomic E-state index is 12.9. The molecule has 2 N–H and O–H groups in total. The van der Waals surface area contributed by atoms with Crippen molar-refractivity contribution in [2.75, 3.05) is 6.54 Å². The summed E-state index contributed by atoms with van der Waals surface area (Å²) in [5.74, 6) is -0.596. The van der Waals surface area contributed by atoms with Crippen molar-refractivity contribution >= 4 is 11.9 Å². The molecule has 2 rings (SSSR count). The number of imide groups is 1. The lowest BCUT2D eigenvalue weighted by Crippen LogP contribution is -2.40. The fraction of sp³-hybridized carbons (Fsp3) is 0.429. The number of hydrogen-bond acceptors (Lipinski definition) is 3. The van der Waals surface area contributed by atoms with Gasteiger partial charge < -0.3 is 10.4 Å². The molecule has 22 heavy (non-hydrogen) atoms. The monoisotopic (exact) mass is 316 g/mol. The Balaban J connectivity index is 2.26. The van der Waals surface area contributed by atoms with Gasteiger partial charge in [-0.2, -0.15) is 13.2 Å². The summed E-state index contributed by atoms with van der Waals surface area (Å²) in [5, 5.41) is 12.5. The van der Waals surface area contributed by atoms with E-state index < -0.39 is 41.9 Å². The molecule has 1 aromatic rings. The molecule has 1 aliphatic rings. The average Bonchev–Trinajstić information content (AvgIpc) is 2.60. The highest BCUT2D eigenvalue weighted by Crippen LogP contribution is 2.35. The standard InChI is InChI=1S/C14H15F3N2O3/c1-13(2)11(21)19(12(22)18-13)7-10(20)8-5-3-4-6-9(8)14(15,16)17/h3-6,10,20H,7H2,1-2H3,(H,18,22)/t10-/m0/s1. The van der Waals surface area contributed by atoms with Crippen LogP contribution in [0.5, 0.6) is 0 Å². The lowest BCUT2D eigenvalue weighted by atomic mass is 10.0. The first-order chi connectivity index (χ1) is 10.0. The third-order valence-corrected chi connectivity index (χ3v) is 3.43. The summed E-state index contributed by atoms with van der Waals surface area (Å²) in [5.41, 5.74) is -2.51. The fourth-order valence-corrected chi connectivity index (χ4v) is 2.30. The highest BCUT2D eigenvalue weighted by molar-refractivity contribution is 6.06. The molecular formula is C14H15F3N2O3. The van der Waals surface area contributed by atoms with Gasteiger partial charge in [0.2, 0.25) is 0 Å². The zero-order chi connectivity index (χ0) is 16.7. The van der Waals surface area contributed by atoms with Crippen LogP contribution in [0.3, 0.4) is 0 Å². The van der Waals surface area contributed by atoms with Gasteiger partial charge in [-0.15, -0.1) is 0 Å². The van der Waals surface area contributed by atoms with E-state index in [1.54, 1.807) is 0 Å². The van der Waals surface area contributed by atoms with Crippen molar-refractivity contribution in [3.63, 3.8) is 0 Å². The van der Waals surface area contributed by atoms with E-state index >= 15 is 0 Å². The summed E-state index contributed by atoms with van der Waals surface area (Å²) < 4.78 is 38.8. The van der Waals surface area contributed by atoms with Gasteiger partial charge in [0, 0.05) is 0 Å². The van der Waals surface area contributed by atoms with Crippen molar-refractivity contribution in [1.82, 2.24) is 10.2 Å². The fourth-order valence-electron chi connectivity index (χ4n) is 2.30. The Hall–Kier alpha value is -2.09. The average molecular weight is 316 g/mol. The Morgan fingerprint density at radius 3 is 2.36 bits per heavy atom. The van der Waals surface area contributed by atoms with Gasteiger partial charge in [0.1, 0.15) is 5.54 Å². The molecule has 8 heteroatoms. The number of halogens is 3. The molecule has 0 spiro atoms. The minimum absolute atomic E-state index is 0.375. The highest BCUT2D eigenvalue weighted by atomic mass is 19.4. The maximum absolute atomic E-state index is 12.9. The molecule has 1 heterocycles. The highest BCUT2D eigenvalue weighted by Gasteiger charge is 2.45. The first kappa shape index (κ1) is 16.3. The molecule has 1 aromatic carbocycles. The molecule has 1 fully saturated rings. The Morgan fingerprint density at radius 1 is 1.27 bits per heavy atom. The van der Waals surface area contributed by atoms with Crippen LogP contribution in [0.15, 0.2) is 24.3 Å². The van der Waals surface area contributed by atoms with Crippen molar-refractivity contribution in [2.24, 2.45) is 0 Å². The van der Waals surface area contributed by atoms with Gasteiger partial charge in [0.25, 0.3) is 5.91 Å². The minimum Gasteiger partial charge on any atom is -0.387 e. The normalized spacial score (nSPS) is 19.3. The third kappa shape index (κ3) is 2.92. The van der Waals surface area contributed by atoms with Crippen molar-refractivity contribution in [2.45, 2.75) is 31.7 Å². The van der Waals surface area contributed by atoms with Crippen LogP contribution in [0.25, 0.3) is 0 Å². The number of benzene rings is 1. The molecule has 1 aliphatic heterocycles. The Labute approximate surface area is 124 Å². The predicted molar refractivity (Wildman–Crippen MR) is 70.7 cm³/mol. The molecule has 5 nitrogen and oxygen atoms in total. The zero-order valence-electron chi connectivity index (χ0n) is 11.9. The SMILES string of the molecule is CC1(C)NC(=O)N(C[C@H](O)c2ccccc2C(F)(F)F)C1=O. The van der Waals surface area contributed by atoms with Gasteiger partial charge in [-0.25, -0.2) is 4.79 Å². The van der Waals surface area contributed by atoms with Gasteiger partial charge in [-0.3, -0.25) is 9.69 Å². The number of hydrogen-bond donors (Lipinski definition) is 2. The number of rotatable bonds is 3. The van der Waals surface area contributed by atoms with Crippen LogP contribution in [0, 0.1) is 0 Å². The van der Waals surface area contributed by atoms with Crippen molar-refractivity contribution < 1.29 is 27.9 Å². The zero-order valence-corrected chi connectivity index (χ0v) is 11.9. The Bertz CT molecular complexity index is 614. The molecule has 0 radical (unpaired) electrons. The Kier molecular flexibility index (Phi) is 3.90. The second-order valence-corrected chi connectivity index (χ2v) is 5.57. The van der Waals surface area contributed by atoms with E-state index in [1.807, 2.05) is 0 Å². The van der Waals surface area contributed by atoms with Gasteiger partial charge in [-0.1, -0.05) is 18.2 Å². The summed E-state index contributed by atoms with van der Waals surface area (Å²) >= 11 is 0. The van der Waals surface area contributed by atoms with E-state index in [2.05, 4.69) is 5.32 Å². The van der Waals surface area contributed by atoms with Crippen LogP contribution in [0.1, 0.15) is 31.1 Å². The summed E-state index contributed by atoms with van der Waals surface area (Å²) in [6, 6.07) is 3.78. The van der Waals surface area contributed by atoms with E-state index in [4.69, 9.17) is 0 Å².